The molecule has 212 valence electrons. The van der Waals surface area contributed by atoms with Crippen LogP contribution in [0.25, 0.3) is 10.6 Å². The Balaban J connectivity index is 1.33. The van der Waals surface area contributed by atoms with E-state index < -0.39 is 23.9 Å². The summed E-state index contributed by atoms with van der Waals surface area (Å²) in [6, 6.07) is 19.8. The molecule has 10 nitrogen and oxygen atoms in total. The molecule has 0 aliphatic carbocycles. The van der Waals surface area contributed by atoms with Crippen LogP contribution in [0, 0.1) is 5.92 Å². The van der Waals surface area contributed by atoms with Crippen LogP contribution in [0.1, 0.15) is 41.9 Å². The highest BCUT2D eigenvalue weighted by molar-refractivity contribution is 7.13. The van der Waals surface area contributed by atoms with Crippen molar-refractivity contribution in [1.82, 2.24) is 26.1 Å². The SMILES string of the molecule is CC(C)C[C@@H](NC(=O)OCc1ccncc1)C(=O)NNC(=O)c1csc(-c2ccccc2OCc2ccccc2)n1. The molecule has 0 spiro atoms. The van der Waals surface area contributed by atoms with Crippen LogP contribution in [-0.2, 0) is 22.7 Å². The van der Waals surface area contributed by atoms with Crippen molar-refractivity contribution in [2.75, 3.05) is 0 Å². The van der Waals surface area contributed by atoms with E-state index in [0.29, 0.717) is 23.8 Å². The lowest BCUT2D eigenvalue weighted by Gasteiger charge is -2.20. The molecule has 3 amide bonds. The Labute approximate surface area is 242 Å². The predicted octanol–water partition coefficient (Wildman–Crippen LogP) is 4.89. The van der Waals surface area contributed by atoms with Crippen molar-refractivity contribution in [2.24, 2.45) is 5.92 Å². The molecular weight excluding hydrogens is 542 g/mol. The van der Waals surface area contributed by atoms with Crippen LogP contribution in [0.15, 0.2) is 84.5 Å². The van der Waals surface area contributed by atoms with Gasteiger partial charge in [0.15, 0.2) is 0 Å². The number of amides is 3. The quantitative estimate of drug-likeness (QED) is 0.218. The van der Waals surface area contributed by atoms with Crippen LogP contribution < -0.4 is 20.9 Å². The standard InChI is InChI=1S/C30H31N5O5S/c1-20(2)16-24(33-30(38)40-18-22-12-14-31-15-13-22)27(36)34-35-28(37)25-19-41-29(32-25)23-10-6-7-11-26(23)39-17-21-8-4-3-5-9-21/h3-15,19-20,24H,16-18H2,1-2H3,(H,33,38)(H,34,36)(H,35,37)/t24-/m1/s1. The number of carbonyl (C=O) groups is 3. The van der Waals surface area contributed by atoms with Gasteiger partial charge in [0, 0.05) is 17.8 Å². The van der Waals surface area contributed by atoms with Gasteiger partial charge in [-0.2, -0.15) is 0 Å². The summed E-state index contributed by atoms with van der Waals surface area (Å²) < 4.78 is 11.2. The summed E-state index contributed by atoms with van der Waals surface area (Å²) in [5.74, 6) is -0.438. The van der Waals surface area contributed by atoms with E-state index in [1.165, 1.54) is 11.3 Å². The van der Waals surface area contributed by atoms with Crippen LogP contribution in [0.4, 0.5) is 4.79 Å². The highest BCUT2D eigenvalue weighted by Gasteiger charge is 2.24. The number of carbonyl (C=O) groups excluding carboxylic acids is 3. The minimum absolute atomic E-state index is 0.0354. The van der Waals surface area contributed by atoms with Crippen LogP contribution in [-0.4, -0.2) is 33.9 Å². The molecule has 2 aromatic carbocycles. The van der Waals surface area contributed by atoms with E-state index in [1.807, 2.05) is 68.4 Å². The second-order valence-electron chi connectivity index (χ2n) is 9.51. The molecule has 2 aromatic heterocycles. The zero-order chi connectivity index (χ0) is 29.0. The summed E-state index contributed by atoms with van der Waals surface area (Å²) in [5.41, 5.74) is 7.45. The van der Waals surface area contributed by atoms with E-state index in [2.05, 4.69) is 26.1 Å². The number of pyridine rings is 1. The van der Waals surface area contributed by atoms with Gasteiger partial charge in [0.2, 0.25) is 0 Å². The van der Waals surface area contributed by atoms with Gasteiger partial charge in [-0.1, -0.05) is 56.3 Å². The first-order chi connectivity index (χ1) is 19.9. The molecule has 0 aliphatic rings. The van der Waals surface area contributed by atoms with Crippen molar-refractivity contribution in [3.8, 4) is 16.3 Å². The lowest BCUT2D eigenvalue weighted by Crippen LogP contribution is -2.52. The van der Waals surface area contributed by atoms with Crippen molar-refractivity contribution < 1.29 is 23.9 Å². The molecule has 0 saturated heterocycles. The number of hydrazine groups is 1. The van der Waals surface area contributed by atoms with Crippen LogP contribution in [0.3, 0.4) is 0 Å². The number of ether oxygens (including phenoxy) is 2. The Morgan fingerprint density at radius 2 is 1.59 bits per heavy atom. The molecule has 0 aliphatic heterocycles. The van der Waals surface area contributed by atoms with Gasteiger partial charge in [0.05, 0.1) is 5.56 Å². The minimum atomic E-state index is -0.917. The highest BCUT2D eigenvalue weighted by atomic mass is 32.1. The Bertz CT molecular complexity index is 1450. The zero-order valence-electron chi connectivity index (χ0n) is 22.7. The van der Waals surface area contributed by atoms with Crippen molar-refractivity contribution >= 4 is 29.2 Å². The van der Waals surface area contributed by atoms with Crippen LogP contribution >= 0.6 is 11.3 Å². The molecular formula is C30H31N5O5S. The lowest BCUT2D eigenvalue weighted by atomic mass is 10.0. The van der Waals surface area contributed by atoms with Crippen molar-refractivity contribution in [3.05, 3.63) is 101 Å². The molecule has 0 fully saturated rings. The van der Waals surface area contributed by atoms with Crippen molar-refractivity contribution in [1.29, 1.82) is 0 Å². The average Bonchev–Trinajstić information content (AvgIpc) is 3.49. The molecule has 1 atom stereocenters. The maximum absolute atomic E-state index is 12.8. The van der Waals surface area contributed by atoms with E-state index in [9.17, 15) is 14.4 Å². The van der Waals surface area contributed by atoms with E-state index in [-0.39, 0.29) is 18.2 Å². The fourth-order valence-electron chi connectivity index (χ4n) is 3.79. The van der Waals surface area contributed by atoms with Gasteiger partial charge in [-0.15, -0.1) is 11.3 Å². The maximum atomic E-state index is 12.8. The number of aromatic nitrogens is 2. The van der Waals surface area contributed by atoms with Gasteiger partial charge < -0.3 is 14.8 Å². The number of nitrogens with one attached hydrogen (secondary N) is 3. The summed E-state index contributed by atoms with van der Waals surface area (Å²) in [6.07, 6.45) is 2.79. The van der Waals surface area contributed by atoms with Gasteiger partial charge >= 0.3 is 6.09 Å². The van der Waals surface area contributed by atoms with E-state index in [0.717, 1.165) is 16.7 Å². The molecule has 41 heavy (non-hydrogen) atoms. The minimum Gasteiger partial charge on any atom is -0.488 e. The Morgan fingerprint density at radius 1 is 0.878 bits per heavy atom. The molecule has 0 unspecified atom stereocenters. The molecule has 3 N–H and O–H groups in total. The van der Waals surface area contributed by atoms with Gasteiger partial charge in [-0.25, -0.2) is 9.78 Å². The van der Waals surface area contributed by atoms with Crippen LogP contribution in [0.2, 0.25) is 0 Å². The monoisotopic (exact) mass is 573 g/mol. The van der Waals surface area contributed by atoms with E-state index >= 15 is 0 Å². The smallest absolute Gasteiger partial charge is 0.408 e. The predicted molar refractivity (Wildman–Crippen MR) is 155 cm³/mol. The average molecular weight is 574 g/mol. The maximum Gasteiger partial charge on any atom is 0.408 e. The fourth-order valence-corrected chi connectivity index (χ4v) is 4.62. The number of alkyl carbamates (subject to hydrolysis) is 1. The molecule has 2 heterocycles. The number of thiazole rings is 1. The van der Waals surface area contributed by atoms with Gasteiger partial charge in [0.25, 0.3) is 11.8 Å². The molecule has 0 saturated carbocycles. The fraction of sp³-hybridized carbons (Fsp3) is 0.233. The van der Waals surface area contributed by atoms with Crippen LogP contribution in [0.5, 0.6) is 5.75 Å². The van der Waals surface area contributed by atoms with Crippen molar-refractivity contribution in [2.45, 2.75) is 39.5 Å². The largest absolute Gasteiger partial charge is 0.488 e. The molecule has 4 rings (SSSR count). The van der Waals surface area contributed by atoms with Gasteiger partial charge in [0.1, 0.15) is 35.7 Å². The third-order valence-corrected chi connectivity index (χ3v) is 6.70. The number of hydrogen-bond acceptors (Lipinski definition) is 8. The first-order valence-corrected chi connectivity index (χ1v) is 13.9. The second-order valence-corrected chi connectivity index (χ2v) is 10.4. The van der Waals surface area contributed by atoms with Crippen molar-refractivity contribution in [3.63, 3.8) is 0 Å². The molecule has 0 bridgehead atoms. The summed E-state index contributed by atoms with van der Waals surface area (Å²) in [7, 11) is 0. The van der Waals surface area contributed by atoms with E-state index in [4.69, 9.17) is 9.47 Å². The first kappa shape index (κ1) is 29.2. The highest BCUT2D eigenvalue weighted by Crippen LogP contribution is 2.32. The number of rotatable bonds is 11. The number of hydrogen-bond donors (Lipinski definition) is 3. The zero-order valence-corrected chi connectivity index (χ0v) is 23.5. The summed E-state index contributed by atoms with van der Waals surface area (Å²) in [6.45, 7) is 4.27. The summed E-state index contributed by atoms with van der Waals surface area (Å²) in [5, 5.41) is 4.77. The van der Waals surface area contributed by atoms with Gasteiger partial charge in [-0.3, -0.25) is 25.4 Å². The Hall–Kier alpha value is -4.77. The van der Waals surface area contributed by atoms with E-state index in [1.54, 1.807) is 29.9 Å². The molecule has 0 radical (unpaired) electrons. The Kier molecular flexibility index (Phi) is 10.4. The summed E-state index contributed by atoms with van der Waals surface area (Å²) >= 11 is 1.29. The summed E-state index contributed by atoms with van der Waals surface area (Å²) in [4.78, 5) is 46.3. The second kappa shape index (κ2) is 14.6. The third-order valence-electron chi connectivity index (χ3n) is 5.83. The Morgan fingerprint density at radius 3 is 2.34 bits per heavy atom. The molecule has 4 aromatic rings. The number of benzene rings is 2. The lowest BCUT2D eigenvalue weighted by molar-refractivity contribution is -0.124. The molecule has 11 heteroatoms. The normalized spacial score (nSPS) is 11.4. The van der Waals surface area contributed by atoms with Gasteiger partial charge in [-0.05, 0) is 47.7 Å². The first-order valence-electron chi connectivity index (χ1n) is 13.0. The number of para-hydroxylation sites is 1. The topological polar surface area (TPSA) is 132 Å². The number of nitrogens with zero attached hydrogens (tertiary/aromatic N) is 2. The third kappa shape index (κ3) is 8.87.